The molecule has 0 saturated carbocycles. The average molecular weight is 286 g/mol. The molecule has 0 atom stereocenters. The van der Waals surface area contributed by atoms with E-state index < -0.39 is 37.3 Å². The van der Waals surface area contributed by atoms with Crippen LogP contribution in [0.1, 0.15) is 40.5 Å². The van der Waals surface area contributed by atoms with Crippen LogP contribution in [0.4, 0.5) is 8.78 Å². The second kappa shape index (κ2) is 5.76. The Labute approximate surface area is 106 Å². The number of carbonyl (C=O) groups is 1. The highest BCUT2D eigenvalue weighted by Crippen LogP contribution is 2.41. The van der Waals surface area contributed by atoms with Crippen LogP contribution in [-0.4, -0.2) is 27.7 Å². The Morgan fingerprint density at radius 3 is 2.06 bits per heavy atom. The fourth-order valence-corrected chi connectivity index (χ4v) is 2.79. The maximum atomic E-state index is 13.6. The minimum absolute atomic E-state index is 0.202. The summed E-state index contributed by atoms with van der Waals surface area (Å²) in [6.45, 7) is 7.01. The molecule has 18 heavy (non-hydrogen) atoms. The van der Waals surface area contributed by atoms with Gasteiger partial charge < -0.3 is 9.79 Å². The number of carbonyl (C=O) groups excluding carboxylic acids is 1. The number of rotatable bonds is 7. The van der Waals surface area contributed by atoms with Crippen molar-refractivity contribution in [2.24, 2.45) is 11.3 Å². The zero-order valence-electron chi connectivity index (χ0n) is 11.1. The molecule has 0 bridgehead atoms. The SMILES string of the molecule is CC(C)CC(C)(C)CC(F)(F)C(=O)CP(=O)(O)O. The normalized spacial score (nSPS) is 14.1. The molecule has 0 spiro atoms. The van der Waals surface area contributed by atoms with E-state index in [9.17, 15) is 18.1 Å². The molecule has 0 aliphatic heterocycles. The summed E-state index contributed by atoms with van der Waals surface area (Å²) in [5.41, 5.74) is -0.762. The number of Topliss-reactive ketones (excluding diaryl/α,β-unsaturated/α-hetero) is 1. The van der Waals surface area contributed by atoms with Crippen LogP contribution in [0.2, 0.25) is 0 Å². The van der Waals surface area contributed by atoms with Crippen molar-refractivity contribution in [1.29, 1.82) is 0 Å². The molecule has 7 heteroatoms. The number of halogens is 2. The van der Waals surface area contributed by atoms with Crippen molar-refractivity contribution in [3.05, 3.63) is 0 Å². The summed E-state index contributed by atoms with van der Waals surface area (Å²) in [4.78, 5) is 28.3. The van der Waals surface area contributed by atoms with Crippen LogP contribution in [-0.2, 0) is 9.36 Å². The van der Waals surface area contributed by atoms with Gasteiger partial charge in [0.1, 0.15) is 6.16 Å². The Morgan fingerprint density at radius 1 is 1.28 bits per heavy atom. The highest BCUT2D eigenvalue weighted by molar-refractivity contribution is 7.52. The molecule has 2 N–H and O–H groups in total. The highest BCUT2D eigenvalue weighted by Gasteiger charge is 2.45. The summed E-state index contributed by atoms with van der Waals surface area (Å²) in [5.74, 6) is -5.18. The smallest absolute Gasteiger partial charge is 0.324 e. The van der Waals surface area contributed by atoms with Crippen LogP contribution in [0.3, 0.4) is 0 Å². The first-order valence-corrected chi connectivity index (χ1v) is 7.51. The lowest BCUT2D eigenvalue weighted by atomic mass is 9.78. The van der Waals surface area contributed by atoms with Crippen LogP contribution in [0.15, 0.2) is 0 Å². The van der Waals surface area contributed by atoms with Crippen LogP contribution < -0.4 is 0 Å². The average Bonchev–Trinajstić information content (AvgIpc) is 1.94. The monoisotopic (exact) mass is 286 g/mol. The summed E-state index contributed by atoms with van der Waals surface area (Å²) >= 11 is 0. The number of hydrogen-bond donors (Lipinski definition) is 2. The van der Waals surface area contributed by atoms with Crippen molar-refractivity contribution >= 4 is 13.4 Å². The molecular formula is C11H21F2O4P. The summed E-state index contributed by atoms with van der Waals surface area (Å²) in [6.07, 6.45) is -1.60. The molecule has 0 aliphatic carbocycles. The molecule has 0 saturated heterocycles. The van der Waals surface area contributed by atoms with Crippen molar-refractivity contribution in [3.63, 3.8) is 0 Å². The molecular weight excluding hydrogens is 265 g/mol. The van der Waals surface area contributed by atoms with Gasteiger partial charge in [0, 0.05) is 6.42 Å². The minimum atomic E-state index is -4.74. The molecule has 0 fully saturated rings. The van der Waals surface area contributed by atoms with E-state index in [1.807, 2.05) is 13.8 Å². The van der Waals surface area contributed by atoms with E-state index in [0.717, 1.165) is 0 Å². The van der Waals surface area contributed by atoms with Gasteiger partial charge in [0.15, 0.2) is 0 Å². The van der Waals surface area contributed by atoms with Crippen molar-refractivity contribution < 1.29 is 27.9 Å². The van der Waals surface area contributed by atoms with E-state index in [0.29, 0.717) is 6.42 Å². The third kappa shape index (κ3) is 7.19. The number of alkyl halides is 2. The van der Waals surface area contributed by atoms with Crippen LogP contribution in [0, 0.1) is 11.3 Å². The second-order valence-corrected chi connectivity index (χ2v) is 7.53. The van der Waals surface area contributed by atoms with Gasteiger partial charge >= 0.3 is 13.5 Å². The van der Waals surface area contributed by atoms with Gasteiger partial charge in [-0.2, -0.15) is 8.78 Å². The molecule has 0 aromatic rings. The molecule has 0 unspecified atom stereocenters. The molecule has 108 valence electrons. The van der Waals surface area contributed by atoms with Gasteiger partial charge in [-0.05, 0) is 17.8 Å². The fourth-order valence-electron chi connectivity index (χ4n) is 2.18. The van der Waals surface area contributed by atoms with Crippen molar-refractivity contribution in [2.75, 3.05) is 6.16 Å². The number of ketones is 1. The van der Waals surface area contributed by atoms with Crippen molar-refractivity contribution in [1.82, 2.24) is 0 Å². The lowest BCUT2D eigenvalue weighted by molar-refractivity contribution is -0.145. The maximum Gasteiger partial charge on any atom is 0.333 e. The first-order valence-electron chi connectivity index (χ1n) is 5.71. The van der Waals surface area contributed by atoms with Gasteiger partial charge in [-0.3, -0.25) is 9.36 Å². The highest BCUT2D eigenvalue weighted by atomic mass is 31.2. The molecule has 0 heterocycles. The van der Waals surface area contributed by atoms with E-state index in [-0.39, 0.29) is 5.92 Å². The Bertz CT molecular complexity index is 347. The molecule has 0 amide bonds. The van der Waals surface area contributed by atoms with E-state index in [4.69, 9.17) is 9.79 Å². The minimum Gasteiger partial charge on any atom is -0.324 e. The van der Waals surface area contributed by atoms with E-state index in [1.54, 1.807) is 13.8 Å². The topological polar surface area (TPSA) is 74.6 Å². The van der Waals surface area contributed by atoms with Crippen molar-refractivity contribution in [3.8, 4) is 0 Å². The molecule has 0 aromatic heterocycles. The summed E-state index contributed by atoms with van der Waals surface area (Å²) < 4.78 is 37.8. The zero-order valence-corrected chi connectivity index (χ0v) is 12.0. The second-order valence-electron chi connectivity index (χ2n) is 5.89. The molecule has 0 radical (unpaired) electrons. The third-order valence-corrected chi connectivity index (χ3v) is 3.12. The lowest BCUT2D eigenvalue weighted by Gasteiger charge is -2.30. The Hall–Kier alpha value is -0.320. The summed E-state index contributed by atoms with van der Waals surface area (Å²) in [7, 11) is -4.74. The van der Waals surface area contributed by atoms with Crippen LogP contribution in [0.5, 0.6) is 0 Å². The first-order chi connectivity index (χ1) is 7.75. The molecule has 0 aromatic carbocycles. The van der Waals surface area contributed by atoms with E-state index >= 15 is 0 Å². The third-order valence-electron chi connectivity index (χ3n) is 2.42. The van der Waals surface area contributed by atoms with Gasteiger partial charge in [0.05, 0.1) is 0 Å². The Balaban J connectivity index is 4.74. The van der Waals surface area contributed by atoms with Crippen LogP contribution >= 0.6 is 7.60 Å². The van der Waals surface area contributed by atoms with Gasteiger partial charge in [-0.25, -0.2) is 0 Å². The van der Waals surface area contributed by atoms with Gasteiger partial charge in [-0.1, -0.05) is 27.7 Å². The van der Waals surface area contributed by atoms with Gasteiger partial charge in [0.25, 0.3) is 0 Å². The predicted molar refractivity (Wildman–Crippen MR) is 64.7 cm³/mol. The molecule has 0 rings (SSSR count). The number of hydrogen-bond acceptors (Lipinski definition) is 2. The fraction of sp³-hybridized carbons (Fsp3) is 0.909. The largest absolute Gasteiger partial charge is 0.333 e. The molecule has 4 nitrogen and oxygen atoms in total. The van der Waals surface area contributed by atoms with Crippen LogP contribution in [0.25, 0.3) is 0 Å². The zero-order chi connectivity index (χ0) is 14.8. The predicted octanol–water partition coefficient (Wildman–Crippen LogP) is 2.83. The quantitative estimate of drug-likeness (QED) is 0.706. The van der Waals surface area contributed by atoms with E-state index in [2.05, 4.69) is 0 Å². The summed E-state index contributed by atoms with van der Waals surface area (Å²) in [6, 6.07) is 0. The Morgan fingerprint density at radius 2 is 1.72 bits per heavy atom. The standard InChI is InChI=1S/C11H21F2O4P/c1-8(2)5-10(3,4)7-11(12,13)9(14)6-18(15,16)17/h8H,5-7H2,1-4H3,(H2,15,16,17). The summed E-state index contributed by atoms with van der Waals surface area (Å²) in [5, 5.41) is 0. The lowest BCUT2D eigenvalue weighted by Crippen LogP contribution is -2.36. The first kappa shape index (κ1) is 17.7. The van der Waals surface area contributed by atoms with Crippen molar-refractivity contribution in [2.45, 2.75) is 46.5 Å². The van der Waals surface area contributed by atoms with Gasteiger partial charge in [0.2, 0.25) is 5.78 Å². The van der Waals surface area contributed by atoms with E-state index in [1.165, 1.54) is 0 Å². The Kier molecular flexibility index (Phi) is 5.66. The molecule has 0 aliphatic rings. The van der Waals surface area contributed by atoms with Gasteiger partial charge in [-0.15, -0.1) is 0 Å². The maximum absolute atomic E-state index is 13.6.